The largest absolute Gasteiger partial charge is 0.507 e. The monoisotopic (exact) mass is 404 g/mol. The number of alkyl halides is 7. The molecule has 0 heterocycles. The molecule has 3 nitrogen and oxygen atoms in total. The van der Waals surface area contributed by atoms with Gasteiger partial charge in [0.15, 0.2) is 0 Å². The fourth-order valence-electron chi connectivity index (χ4n) is 1.14. The van der Waals surface area contributed by atoms with E-state index in [0.717, 1.165) is 0 Å². The van der Waals surface area contributed by atoms with Crippen LogP contribution in [0.5, 0.6) is 5.75 Å². The highest BCUT2D eigenvalue weighted by Gasteiger charge is 2.78. The molecular weight excluding hydrogens is 401 g/mol. The Morgan fingerprint density at radius 1 is 1.00 bits per heavy atom. The fraction of sp³-hybridized carbons (Fsp3) is 0.333. The van der Waals surface area contributed by atoms with E-state index in [4.69, 9.17) is 5.11 Å². The molecule has 0 fully saturated rings. The lowest BCUT2D eigenvalue weighted by atomic mass is 10.3. The molecule has 0 aliphatic rings. The van der Waals surface area contributed by atoms with Crippen LogP contribution in [0.15, 0.2) is 27.6 Å². The van der Waals surface area contributed by atoms with Gasteiger partial charge in [0.25, 0.3) is 0 Å². The van der Waals surface area contributed by atoms with Gasteiger partial charge in [-0.05, 0) is 34.1 Å². The quantitative estimate of drug-likeness (QED) is 0.781. The van der Waals surface area contributed by atoms with E-state index in [-0.39, 0.29) is 12.1 Å². The van der Waals surface area contributed by atoms with Crippen molar-refractivity contribution in [3.63, 3.8) is 0 Å². The molecule has 1 N–H and O–H groups in total. The smallest absolute Gasteiger partial charge is 0.461 e. The molecule has 0 spiro atoms. The summed E-state index contributed by atoms with van der Waals surface area (Å²) >= 11 is 2.53. The average molecular weight is 405 g/mol. The number of hydrogen-bond acceptors (Lipinski definition) is 3. The van der Waals surface area contributed by atoms with Crippen molar-refractivity contribution < 1.29 is 44.3 Å². The van der Waals surface area contributed by atoms with Crippen molar-refractivity contribution in [1.29, 1.82) is 0 Å². The van der Waals surface area contributed by atoms with Crippen LogP contribution in [0, 0.1) is 0 Å². The van der Waals surface area contributed by atoms with Crippen molar-refractivity contribution in [2.75, 3.05) is 0 Å². The van der Waals surface area contributed by atoms with Gasteiger partial charge in [0.1, 0.15) is 5.75 Å². The van der Waals surface area contributed by atoms with Gasteiger partial charge in [0.2, 0.25) is 9.84 Å². The second kappa shape index (κ2) is 5.00. The zero-order valence-electron chi connectivity index (χ0n) is 9.43. The summed E-state index contributed by atoms with van der Waals surface area (Å²) in [6.07, 6.45) is -6.77. The standard InChI is InChI=1S/C9H4BrF7O3S/c10-5-3-4(1-2-6(5)18)21(19,20)9(16,17)7(11,12)8(13,14)15/h1-3,18H. The molecule has 0 amide bonds. The van der Waals surface area contributed by atoms with E-state index in [1.54, 1.807) is 0 Å². The van der Waals surface area contributed by atoms with Gasteiger partial charge >= 0.3 is 17.4 Å². The molecule has 12 heteroatoms. The number of hydrogen-bond donors (Lipinski definition) is 1. The van der Waals surface area contributed by atoms with Gasteiger partial charge in [0.05, 0.1) is 9.37 Å². The number of phenols is 1. The van der Waals surface area contributed by atoms with Crippen LogP contribution in [0.4, 0.5) is 30.7 Å². The SMILES string of the molecule is O=S(=O)(c1ccc(O)c(Br)c1)C(F)(F)C(F)(F)C(F)(F)F. The molecule has 1 aromatic carbocycles. The van der Waals surface area contributed by atoms with E-state index in [0.29, 0.717) is 6.07 Å². The van der Waals surface area contributed by atoms with E-state index in [1.807, 2.05) is 0 Å². The van der Waals surface area contributed by atoms with Crippen molar-refractivity contribution in [1.82, 2.24) is 0 Å². The van der Waals surface area contributed by atoms with Crippen LogP contribution in [-0.4, -0.2) is 30.9 Å². The first kappa shape index (κ1) is 18.0. The molecule has 0 aromatic heterocycles. The Morgan fingerprint density at radius 2 is 1.48 bits per heavy atom. The second-order valence-electron chi connectivity index (χ2n) is 3.71. The summed E-state index contributed by atoms with van der Waals surface area (Å²) in [5.41, 5.74) is 0. The number of benzene rings is 1. The van der Waals surface area contributed by atoms with E-state index in [2.05, 4.69) is 15.9 Å². The molecule has 0 unspecified atom stereocenters. The van der Waals surface area contributed by atoms with Gasteiger partial charge in [-0.3, -0.25) is 0 Å². The molecule has 1 aromatic rings. The first-order chi connectivity index (χ1) is 9.16. The number of sulfone groups is 1. The Morgan fingerprint density at radius 3 is 1.86 bits per heavy atom. The highest BCUT2D eigenvalue weighted by molar-refractivity contribution is 9.10. The lowest BCUT2D eigenvalue weighted by Gasteiger charge is -2.27. The molecule has 21 heavy (non-hydrogen) atoms. The first-order valence-electron chi connectivity index (χ1n) is 4.72. The third-order valence-corrected chi connectivity index (χ3v) is 4.73. The third kappa shape index (κ3) is 2.70. The maximum Gasteiger partial charge on any atom is 0.461 e. The molecule has 0 atom stereocenters. The van der Waals surface area contributed by atoms with Crippen LogP contribution in [0.1, 0.15) is 0 Å². The molecule has 0 saturated carbocycles. The minimum Gasteiger partial charge on any atom is -0.507 e. The lowest BCUT2D eigenvalue weighted by Crippen LogP contribution is -2.55. The molecule has 0 aliphatic heterocycles. The maximum absolute atomic E-state index is 13.3. The van der Waals surface area contributed by atoms with Gasteiger partial charge in [-0.15, -0.1) is 0 Å². The number of halogens is 8. The molecule has 0 aliphatic carbocycles. The van der Waals surface area contributed by atoms with E-state index in [1.165, 1.54) is 0 Å². The molecular formula is C9H4BrF7O3S. The lowest BCUT2D eigenvalue weighted by molar-refractivity contribution is -0.332. The summed E-state index contributed by atoms with van der Waals surface area (Å²) < 4.78 is 110. The van der Waals surface area contributed by atoms with Crippen molar-refractivity contribution in [3.8, 4) is 5.75 Å². The Hall–Kier alpha value is -1.04. The summed E-state index contributed by atoms with van der Waals surface area (Å²) in [5.74, 6) is -7.41. The van der Waals surface area contributed by atoms with Crippen LogP contribution >= 0.6 is 15.9 Å². The Labute approximate surface area is 121 Å². The average Bonchev–Trinajstić information content (AvgIpc) is 2.30. The molecule has 1 rings (SSSR count). The Kier molecular flexibility index (Phi) is 4.29. The summed E-state index contributed by atoms with van der Waals surface area (Å²) in [6.45, 7) is 0. The van der Waals surface area contributed by atoms with Crippen LogP contribution in [-0.2, 0) is 9.84 Å². The van der Waals surface area contributed by atoms with Gasteiger partial charge in [-0.25, -0.2) is 8.42 Å². The normalized spacial score (nSPS) is 14.3. The van der Waals surface area contributed by atoms with Gasteiger partial charge in [-0.1, -0.05) is 0 Å². The number of phenolic OH excluding ortho intramolecular Hbond substituents is 1. The zero-order chi connectivity index (χ0) is 16.9. The number of aromatic hydroxyl groups is 1. The van der Waals surface area contributed by atoms with Crippen LogP contribution < -0.4 is 0 Å². The Balaban J connectivity index is 3.51. The predicted octanol–water partition coefficient (Wildman–Crippen LogP) is 3.72. The summed E-state index contributed by atoms with van der Waals surface area (Å²) in [6, 6.07) is 1.10. The second-order valence-corrected chi connectivity index (χ2v) is 6.55. The van der Waals surface area contributed by atoms with E-state index >= 15 is 0 Å². The van der Waals surface area contributed by atoms with E-state index < -0.39 is 42.3 Å². The van der Waals surface area contributed by atoms with Crippen molar-refractivity contribution in [2.45, 2.75) is 22.2 Å². The topological polar surface area (TPSA) is 54.4 Å². The predicted molar refractivity (Wildman–Crippen MR) is 58.9 cm³/mol. The summed E-state index contributed by atoms with van der Waals surface area (Å²) in [7, 11) is -6.36. The van der Waals surface area contributed by atoms with Crippen molar-refractivity contribution in [3.05, 3.63) is 22.7 Å². The van der Waals surface area contributed by atoms with Gasteiger partial charge in [-0.2, -0.15) is 30.7 Å². The van der Waals surface area contributed by atoms with Gasteiger partial charge in [0, 0.05) is 0 Å². The van der Waals surface area contributed by atoms with Crippen LogP contribution in [0.2, 0.25) is 0 Å². The summed E-state index contributed by atoms with van der Waals surface area (Å²) in [4.78, 5) is -1.51. The van der Waals surface area contributed by atoms with Crippen molar-refractivity contribution in [2.24, 2.45) is 0 Å². The fourth-order valence-corrected chi connectivity index (χ4v) is 2.94. The minimum atomic E-state index is -6.79. The number of rotatable bonds is 3. The highest BCUT2D eigenvalue weighted by atomic mass is 79.9. The molecule has 120 valence electrons. The first-order valence-corrected chi connectivity index (χ1v) is 6.99. The minimum absolute atomic E-state index is 0.274. The molecule has 0 saturated heterocycles. The highest BCUT2D eigenvalue weighted by Crippen LogP contribution is 2.51. The zero-order valence-corrected chi connectivity index (χ0v) is 11.8. The Bertz CT molecular complexity index is 654. The van der Waals surface area contributed by atoms with Crippen LogP contribution in [0.25, 0.3) is 0 Å². The molecule has 0 bridgehead atoms. The molecule has 0 radical (unpaired) electrons. The third-order valence-electron chi connectivity index (χ3n) is 2.29. The van der Waals surface area contributed by atoms with Crippen molar-refractivity contribution >= 4 is 25.8 Å². The van der Waals surface area contributed by atoms with E-state index in [9.17, 15) is 39.2 Å². The van der Waals surface area contributed by atoms with Crippen LogP contribution in [0.3, 0.4) is 0 Å². The van der Waals surface area contributed by atoms with Gasteiger partial charge < -0.3 is 5.11 Å². The summed E-state index contributed by atoms with van der Waals surface area (Å²) in [5, 5.41) is 2.62. The maximum atomic E-state index is 13.3.